The molecule has 1 N–H and O–H groups in total. The van der Waals surface area contributed by atoms with E-state index in [9.17, 15) is 0 Å². The van der Waals surface area contributed by atoms with Crippen LogP contribution in [-0.4, -0.2) is 16.3 Å². The molecule has 5 heteroatoms. The van der Waals surface area contributed by atoms with Gasteiger partial charge in [-0.05, 0) is 59.1 Å². The highest BCUT2D eigenvalue weighted by Crippen LogP contribution is 2.31. The molecule has 114 valence electrons. The SMILES string of the molecule is CCCn1ncc(Br)c1C(NCC)c1ccc(Cl)cc1C. The van der Waals surface area contributed by atoms with Crippen LogP contribution in [0.15, 0.2) is 28.9 Å². The van der Waals surface area contributed by atoms with Crippen LogP contribution < -0.4 is 5.32 Å². The van der Waals surface area contributed by atoms with Crippen molar-refractivity contribution in [2.45, 2.75) is 39.8 Å². The first-order chi connectivity index (χ1) is 10.1. The molecule has 0 aliphatic rings. The van der Waals surface area contributed by atoms with Crippen LogP contribution in [0.25, 0.3) is 0 Å². The zero-order valence-electron chi connectivity index (χ0n) is 12.7. The molecule has 1 atom stereocenters. The van der Waals surface area contributed by atoms with E-state index in [4.69, 9.17) is 11.6 Å². The molecule has 0 bridgehead atoms. The second-order valence-corrected chi connectivity index (χ2v) is 6.38. The summed E-state index contributed by atoms with van der Waals surface area (Å²) < 4.78 is 3.11. The minimum atomic E-state index is 0.107. The Morgan fingerprint density at radius 1 is 1.38 bits per heavy atom. The Hall–Kier alpha value is -0.840. The Labute approximate surface area is 139 Å². The van der Waals surface area contributed by atoms with Crippen molar-refractivity contribution in [1.29, 1.82) is 0 Å². The fourth-order valence-electron chi connectivity index (χ4n) is 2.57. The fraction of sp³-hybridized carbons (Fsp3) is 0.438. The zero-order valence-corrected chi connectivity index (χ0v) is 15.0. The fourth-order valence-corrected chi connectivity index (χ4v) is 3.32. The van der Waals surface area contributed by atoms with Gasteiger partial charge >= 0.3 is 0 Å². The van der Waals surface area contributed by atoms with Crippen molar-refractivity contribution < 1.29 is 0 Å². The number of hydrogen-bond acceptors (Lipinski definition) is 2. The number of nitrogens with zero attached hydrogens (tertiary/aromatic N) is 2. The first kappa shape index (κ1) is 16.5. The molecule has 0 amide bonds. The maximum Gasteiger partial charge on any atom is 0.0762 e. The van der Waals surface area contributed by atoms with Crippen molar-refractivity contribution in [3.05, 3.63) is 50.7 Å². The lowest BCUT2D eigenvalue weighted by Gasteiger charge is -2.22. The third-order valence-corrected chi connectivity index (χ3v) is 4.34. The summed E-state index contributed by atoms with van der Waals surface area (Å²) in [5.74, 6) is 0. The summed E-state index contributed by atoms with van der Waals surface area (Å²) in [6, 6.07) is 6.16. The van der Waals surface area contributed by atoms with Crippen LogP contribution >= 0.6 is 27.5 Å². The van der Waals surface area contributed by atoms with Crippen molar-refractivity contribution in [2.24, 2.45) is 0 Å². The lowest BCUT2D eigenvalue weighted by Crippen LogP contribution is -2.26. The lowest BCUT2D eigenvalue weighted by molar-refractivity contribution is 0.518. The molecule has 0 spiro atoms. The van der Waals surface area contributed by atoms with E-state index in [-0.39, 0.29) is 6.04 Å². The summed E-state index contributed by atoms with van der Waals surface area (Å²) in [5, 5.41) is 8.82. The largest absolute Gasteiger partial charge is 0.305 e. The van der Waals surface area contributed by atoms with Crippen molar-refractivity contribution in [2.75, 3.05) is 6.54 Å². The molecular formula is C16H21BrClN3. The van der Waals surface area contributed by atoms with Gasteiger partial charge in [0.1, 0.15) is 0 Å². The standard InChI is InChI=1S/C16H21BrClN3/c1-4-8-21-16(14(17)10-20-21)15(19-5-2)13-7-6-12(18)9-11(13)3/h6-7,9-10,15,19H,4-5,8H2,1-3H3. The molecule has 0 fully saturated rings. The van der Waals surface area contributed by atoms with E-state index in [1.54, 1.807) is 0 Å². The molecule has 1 unspecified atom stereocenters. The monoisotopic (exact) mass is 369 g/mol. The molecule has 21 heavy (non-hydrogen) atoms. The van der Waals surface area contributed by atoms with Crippen molar-refractivity contribution >= 4 is 27.5 Å². The molecule has 1 aromatic carbocycles. The number of halogens is 2. The Kier molecular flexibility index (Phi) is 5.85. The minimum Gasteiger partial charge on any atom is -0.305 e. The van der Waals surface area contributed by atoms with Crippen LogP contribution in [0.5, 0.6) is 0 Å². The third kappa shape index (κ3) is 3.68. The maximum atomic E-state index is 6.09. The van der Waals surface area contributed by atoms with Crippen molar-refractivity contribution in [3.63, 3.8) is 0 Å². The molecule has 1 heterocycles. The van der Waals surface area contributed by atoms with Crippen molar-refractivity contribution in [1.82, 2.24) is 15.1 Å². The normalized spacial score (nSPS) is 12.6. The highest BCUT2D eigenvalue weighted by Gasteiger charge is 2.22. The number of hydrogen-bond donors (Lipinski definition) is 1. The first-order valence-corrected chi connectivity index (χ1v) is 8.46. The predicted molar refractivity (Wildman–Crippen MR) is 91.9 cm³/mol. The van der Waals surface area contributed by atoms with E-state index in [1.165, 1.54) is 16.8 Å². The van der Waals surface area contributed by atoms with Gasteiger partial charge in [0.15, 0.2) is 0 Å². The van der Waals surface area contributed by atoms with Gasteiger partial charge in [-0.25, -0.2) is 0 Å². The lowest BCUT2D eigenvalue weighted by atomic mass is 9.98. The van der Waals surface area contributed by atoms with Gasteiger partial charge in [0, 0.05) is 11.6 Å². The number of aromatic nitrogens is 2. The van der Waals surface area contributed by atoms with Crippen LogP contribution in [0.3, 0.4) is 0 Å². The third-order valence-electron chi connectivity index (χ3n) is 3.49. The molecule has 0 aliphatic carbocycles. The average Bonchev–Trinajstić information content (AvgIpc) is 2.79. The highest BCUT2D eigenvalue weighted by atomic mass is 79.9. The number of aryl methyl sites for hydroxylation is 2. The molecular weight excluding hydrogens is 350 g/mol. The highest BCUT2D eigenvalue weighted by molar-refractivity contribution is 9.10. The molecule has 0 saturated carbocycles. The van der Waals surface area contributed by atoms with E-state index in [0.29, 0.717) is 0 Å². The second kappa shape index (κ2) is 7.43. The van der Waals surface area contributed by atoms with Crippen LogP contribution in [0.1, 0.15) is 43.1 Å². The van der Waals surface area contributed by atoms with Crippen molar-refractivity contribution in [3.8, 4) is 0 Å². The number of rotatable bonds is 6. The van der Waals surface area contributed by atoms with E-state index in [2.05, 4.69) is 57.9 Å². The van der Waals surface area contributed by atoms with Gasteiger partial charge < -0.3 is 5.32 Å². The summed E-state index contributed by atoms with van der Waals surface area (Å²) in [4.78, 5) is 0. The smallest absolute Gasteiger partial charge is 0.0762 e. The zero-order chi connectivity index (χ0) is 15.4. The summed E-state index contributed by atoms with van der Waals surface area (Å²) in [7, 11) is 0. The Morgan fingerprint density at radius 3 is 2.76 bits per heavy atom. The Balaban J connectivity index is 2.50. The van der Waals surface area contributed by atoms with Gasteiger partial charge in [-0.15, -0.1) is 0 Å². The molecule has 0 aliphatic heterocycles. The van der Waals surface area contributed by atoms with E-state index in [0.717, 1.165) is 29.0 Å². The molecule has 2 aromatic rings. The van der Waals surface area contributed by atoms with Gasteiger partial charge in [-0.1, -0.05) is 31.5 Å². The second-order valence-electron chi connectivity index (χ2n) is 5.09. The maximum absolute atomic E-state index is 6.09. The van der Waals surface area contributed by atoms with Crippen LogP contribution in [0.4, 0.5) is 0 Å². The Morgan fingerprint density at radius 2 is 2.14 bits per heavy atom. The predicted octanol–water partition coefficient (Wildman–Crippen LogP) is 4.72. The van der Waals surface area contributed by atoms with E-state index in [1.807, 2.05) is 18.3 Å². The summed E-state index contributed by atoms with van der Waals surface area (Å²) >= 11 is 9.73. The van der Waals surface area contributed by atoms with E-state index < -0.39 is 0 Å². The number of benzene rings is 1. The number of nitrogens with one attached hydrogen (secondary N) is 1. The average molecular weight is 371 g/mol. The van der Waals surface area contributed by atoms with E-state index >= 15 is 0 Å². The molecule has 0 saturated heterocycles. The van der Waals surface area contributed by atoms with Gasteiger partial charge in [0.2, 0.25) is 0 Å². The topological polar surface area (TPSA) is 29.9 Å². The first-order valence-electron chi connectivity index (χ1n) is 7.29. The summed E-state index contributed by atoms with van der Waals surface area (Å²) in [6.45, 7) is 8.17. The molecule has 0 radical (unpaired) electrons. The van der Waals surface area contributed by atoms with Gasteiger partial charge in [0.05, 0.1) is 22.4 Å². The van der Waals surface area contributed by atoms with Crippen LogP contribution in [0.2, 0.25) is 5.02 Å². The summed E-state index contributed by atoms with van der Waals surface area (Å²) in [6.07, 6.45) is 2.93. The van der Waals surface area contributed by atoms with Crippen LogP contribution in [-0.2, 0) is 6.54 Å². The Bertz CT molecular complexity index is 610. The van der Waals surface area contributed by atoms with Crippen LogP contribution in [0, 0.1) is 6.92 Å². The molecule has 3 nitrogen and oxygen atoms in total. The molecule has 1 aromatic heterocycles. The van der Waals surface area contributed by atoms with Gasteiger partial charge in [-0.3, -0.25) is 4.68 Å². The minimum absolute atomic E-state index is 0.107. The molecule has 2 rings (SSSR count). The quantitative estimate of drug-likeness (QED) is 0.797. The summed E-state index contributed by atoms with van der Waals surface area (Å²) in [5.41, 5.74) is 3.59. The van der Waals surface area contributed by atoms with Gasteiger partial charge in [-0.2, -0.15) is 5.10 Å². The van der Waals surface area contributed by atoms with Gasteiger partial charge in [0.25, 0.3) is 0 Å².